The predicted octanol–water partition coefficient (Wildman–Crippen LogP) is 1.20. The van der Waals surface area contributed by atoms with Crippen LogP contribution in [-0.4, -0.2) is 17.0 Å². The Balaban J connectivity index is 2.17. The molecule has 0 aromatic rings. The molecule has 56 valence electrons. The normalized spacial score (nSPS) is 45.5. The van der Waals surface area contributed by atoms with Crippen molar-refractivity contribution < 1.29 is 9.84 Å². The van der Waals surface area contributed by atoms with Crippen LogP contribution in [0.1, 0.15) is 25.7 Å². The molecule has 0 aliphatic carbocycles. The van der Waals surface area contributed by atoms with Gasteiger partial charge in [0, 0.05) is 6.42 Å². The van der Waals surface area contributed by atoms with Gasteiger partial charge >= 0.3 is 0 Å². The van der Waals surface area contributed by atoms with Gasteiger partial charge in [-0.25, -0.2) is 0 Å². The first-order valence-corrected chi connectivity index (χ1v) is 3.88. The van der Waals surface area contributed by atoms with Crippen LogP contribution in [0, 0.1) is 0 Å². The second-order valence-corrected chi connectivity index (χ2v) is 3.11. The van der Waals surface area contributed by atoms with Crippen molar-refractivity contribution in [3.63, 3.8) is 0 Å². The van der Waals surface area contributed by atoms with E-state index in [4.69, 9.17) is 4.74 Å². The fourth-order valence-corrected chi connectivity index (χ4v) is 1.62. The molecule has 0 aromatic carbocycles. The highest BCUT2D eigenvalue weighted by molar-refractivity contribution is 5.07. The molecule has 2 heterocycles. The van der Waals surface area contributed by atoms with Gasteiger partial charge in [-0.3, -0.25) is 0 Å². The molecule has 0 amide bonds. The van der Waals surface area contributed by atoms with Crippen LogP contribution in [0.2, 0.25) is 0 Å². The molecule has 0 aromatic heterocycles. The zero-order valence-corrected chi connectivity index (χ0v) is 5.92. The number of fused-ring (bicyclic) bond motifs is 2. The Morgan fingerprint density at radius 2 is 2.40 bits per heavy atom. The fraction of sp³-hybridized carbons (Fsp3) is 0.750. The fourth-order valence-electron chi connectivity index (χ4n) is 1.62. The summed E-state index contributed by atoms with van der Waals surface area (Å²) in [7, 11) is 0. The van der Waals surface area contributed by atoms with Crippen molar-refractivity contribution in [1.29, 1.82) is 0 Å². The van der Waals surface area contributed by atoms with E-state index >= 15 is 0 Å². The summed E-state index contributed by atoms with van der Waals surface area (Å²) in [4.78, 5) is 0. The highest BCUT2D eigenvalue weighted by Gasteiger charge is 2.34. The van der Waals surface area contributed by atoms with Gasteiger partial charge in [-0.15, -0.1) is 0 Å². The largest absolute Gasteiger partial charge is 0.362 e. The summed E-state index contributed by atoms with van der Waals surface area (Å²) in [5, 5.41) is 9.59. The minimum absolute atomic E-state index is 0.187. The lowest BCUT2D eigenvalue weighted by Gasteiger charge is -2.19. The zero-order valence-electron chi connectivity index (χ0n) is 5.92. The van der Waals surface area contributed by atoms with Gasteiger partial charge in [0.2, 0.25) is 0 Å². The van der Waals surface area contributed by atoms with Gasteiger partial charge in [0.15, 0.2) is 5.79 Å². The summed E-state index contributed by atoms with van der Waals surface area (Å²) in [6, 6.07) is 0. The molecule has 10 heavy (non-hydrogen) atoms. The first kappa shape index (κ1) is 6.38. The average Bonchev–Trinajstić information content (AvgIpc) is 2.11. The smallest absolute Gasteiger partial charge is 0.185 e. The lowest BCUT2D eigenvalue weighted by atomic mass is 10.0. The van der Waals surface area contributed by atoms with Crippen molar-refractivity contribution in [1.82, 2.24) is 0 Å². The maximum atomic E-state index is 9.59. The summed E-state index contributed by atoms with van der Waals surface area (Å²) >= 11 is 0. The molecule has 0 saturated carbocycles. The van der Waals surface area contributed by atoms with Crippen LogP contribution in [0.3, 0.4) is 0 Å². The molecule has 1 saturated heterocycles. The van der Waals surface area contributed by atoms with E-state index in [1.54, 1.807) is 6.08 Å². The Morgan fingerprint density at radius 3 is 3.30 bits per heavy atom. The standard InChI is InChI=1S/C8H12O2/c9-8-5-2-1-3-7(10-8)4-6-8/h4,6-7,9H,1-3,5H2. The van der Waals surface area contributed by atoms with Crippen LogP contribution in [0.15, 0.2) is 12.2 Å². The zero-order chi connectivity index (χ0) is 7.03. The Hall–Kier alpha value is -0.340. The summed E-state index contributed by atoms with van der Waals surface area (Å²) in [5.41, 5.74) is 0. The van der Waals surface area contributed by atoms with Crippen LogP contribution < -0.4 is 0 Å². The van der Waals surface area contributed by atoms with E-state index in [-0.39, 0.29) is 6.10 Å². The second-order valence-electron chi connectivity index (χ2n) is 3.11. The Morgan fingerprint density at radius 1 is 1.50 bits per heavy atom. The quantitative estimate of drug-likeness (QED) is 0.512. The summed E-state index contributed by atoms with van der Waals surface area (Å²) in [6.45, 7) is 0. The summed E-state index contributed by atoms with van der Waals surface area (Å²) in [6.07, 6.45) is 8.04. The molecule has 2 bridgehead atoms. The van der Waals surface area contributed by atoms with E-state index < -0.39 is 5.79 Å². The minimum Gasteiger partial charge on any atom is -0.362 e. The SMILES string of the molecule is OC12C=CC(CCCC1)O2. The van der Waals surface area contributed by atoms with E-state index in [2.05, 4.69) is 0 Å². The summed E-state index contributed by atoms with van der Waals surface area (Å²) in [5.74, 6) is -0.902. The number of rotatable bonds is 0. The van der Waals surface area contributed by atoms with Crippen LogP contribution >= 0.6 is 0 Å². The lowest BCUT2D eigenvalue weighted by Crippen LogP contribution is -2.26. The van der Waals surface area contributed by atoms with Crippen molar-refractivity contribution in [2.24, 2.45) is 0 Å². The van der Waals surface area contributed by atoms with Gasteiger partial charge in [-0.05, 0) is 18.9 Å². The molecular weight excluding hydrogens is 128 g/mol. The van der Waals surface area contributed by atoms with Crippen molar-refractivity contribution >= 4 is 0 Å². The molecule has 2 aliphatic heterocycles. The predicted molar refractivity (Wildman–Crippen MR) is 37.4 cm³/mol. The minimum atomic E-state index is -0.902. The van der Waals surface area contributed by atoms with Crippen LogP contribution in [0.25, 0.3) is 0 Å². The Bertz CT molecular complexity index is 165. The monoisotopic (exact) mass is 140 g/mol. The topological polar surface area (TPSA) is 29.5 Å². The molecule has 2 nitrogen and oxygen atoms in total. The number of hydrogen-bond donors (Lipinski definition) is 1. The van der Waals surface area contributed by atoms with Gasteiger partial charge in [0.1, 0.15) is 0 Å². The van der Waals surface area contributed by atoms with E-state index in [9.17, 15) is 5.11 Å². The number of aliphatic hydroxyl groups is 1. The van der Waals surface area contributed by atoms with Gasteiger partial charge in [-0.1, -0.05) is 12.5 Å². The van der Waals surface area contributed by atoms with Gasteiger partial charge < -0.3 is 9.84 Å². The van der Waals surface area contributed by atoms with E-state index in [0.717, 1.165) is 19.3 Å². The molecule has 1 N–H and O–H groups in total. The first-order chi connectivity index (χ1) is 4.79. The van der Waals surface area contributed by atoms with Gasteiger partial charge in [0.25, 0.3) is 0 Å². The Kier molecular flexibility index (Phi) is 1.32. The third-order valence-electron chi connectivity index (χ3n) is 2.20. The highest BCUT2D eigenvalue weighted by atomic mass is 16.6. The molecule has 2 unspecified atom stereocenters. The molecular formula is C8H12O2. The lowest BCUT2D eigenvalue weighted by molar-refractivity contribution is -0.169. The van der Waals surface area contributed by atoms with Crippen molar-refractivity contribution in [2.75, 3.05) is 0 Å². The summed E-state index contributed by atoms with van der Waals surface area (Å²) < 4.78 is 5.35. The average molecular weight is 140 g/mol. The van der Waals surface area contributed by atoms with Gasteiger partial charge in [0.05, 0.1) is 6.10 Å². The van der Waals surface area contributed by atoms with Crippen molar-refractivity contribution in [2.45, 2.75) is 37.6 Å². The van der Waals surface area contributed by atoms with Crippen molar-refractivity contribution in [3.8, 4) is 0 Å². The van der Waals surface area contributed by atoms with E-state index in [1.807, 2.05) is 6.08 Å². The maximum absolute atomic E-state index is 9.59. The van der Waals surface area contributed by atoms with Crippen LogP contribution in [0.4, 0.5) is 0 Å². The molecule has 1 fully saturated rings. The van der Waals surface area contributed by atoms with Gasteiger partial charge in [-0.2, -0.15) is 0 Å². The maximum Gasteiger partial charge on any atom is 0.185 e. The third-order valence-corrected chi connectivity index (χ3v) is 2.20. The van der Waals surface area contributed by atoms with Crippen molar-refractivity contribution in [3.05, 3.63) is 12.2 Å². The third kappa shape index (κ3) is 0.976. The number of ether oxygens (including phenoxy) is 1. The molecule has 2 atom stereocenters. The van der Waals surface area contributed by atoms with E-state index in [0.29, 0.717) is 0 Å². The van der Waals surface area contributed by atoms with Crippen LogP contribution in [0.5, 0.6) is 0 Å². The second kappa shape index (κ2) is 2.07. The highest BCUT2D eigenvalue weighted by Crippen LogP contribution is 2.32. The molecule has 2 rings (SSSR count). The Labute approximate surface area is 60.5 Å². The number of hydrogen-bond acceptors (Lipinski definition) is 2. The first-order valence-electron chi connectivity index (χ1n) is 3.88. The molecule has 2 heteroatoms. The molecule has 0 radical (unpaired) electrons. The molecule has 0 spiro atoms. The van der Waals surface area contributed by atoms with Crippen LogP contribution in [-0.2, 0) is 4.74 Å². The molecule has 2 aliphatic rings. The van der Waals surface area contributed by atoms with E-state index in [1.165, 1.54) is 6.42 Å².